The van der Waals surface area contributed by atoms with Crippen LogP contribution in [-0.4, -0.2) is 20.5 Å². The van der Waals surface area contributed by atoms with E-state index in [1.54, 1.807) is 25.3 Å². The number of nitrogens with zero attached hydrogens (tertiary/aromatic N) is 2. The van der Waals surface area contributed by atoms with Crippen molar-refractivity contribution in [2.24, 2.45) is 0 Å². The lowest BCUT2D eigenvalue weighted by atomic mass is 9.75. The highest BCUT2D eigenvalue weighted by Gasteiger charge is 2.48. The van der Waals surface area contributed by atoms with E-state index in [1.807, 2.05) is 34.4 Å². The van der Waals surface area contributed by atoms with Crippen LogP contribution in [0.2, 0.25) is 0 Å². The molecule has 5 nitrogen and oxygen atoms in total. The Morgan fingerprint density at radius 1 is 1.38 bits per heavy atom. The number of carbonyl (C=O) groups excluding carboxylic acids is 1. The molecular formula is C20H20FN3O2. The van der Waals surface area contributed by atoms with Crippen LogP contribution in [0, 0.1) is 12.7 Å². The van der Waals surface area contributed by atoms with Crippen LogP contribution in [0.3, 0.4) is 0 Å². The van der Waals surface area contributed by atoms with E-state index in [9.17, 15) is 14.4 Å². The second-order valence-electron chi connectivity index (χ2n) is 7.03. The maximum Gasteiger partial charge on any atom is 0.254 e. The van der Waals surface area contributed by atoms with Crippen LogP contribution in [0.4, 0.5) is 4.39 Å². The molecule has 1 saturated carbocycles. The Labute approximate surface area is 150 Å². The van der Waals surface area contributed by atoms with Gasteiger partial charge in [0.15, 0.2) is 0 Å². The Balaban J connectivity index is 1.75. The average molecular weight is 353 g/mol. The molecular weight excluding hydrogens is 333 g/mol. The first kappa shape index (κ1) is 16.7. The smallest absolute Gasteiger partial charge is 0.254 e. The van der Waals surface area contributed by atoms with Crippen LogP contribution in [-0.2, 0) is 10.2 Å². The van der Waals surface area contributed by atoms with Gasteiger partial charge in [-0.1, -0.05) is 12.1 Å². The molecule has 0 bridgehead atoms. The second kappa shape index (κ2) is 6.21. The first-order chi connectivity index (χ1) is 12.5. The Morgan fingerprint density at radius 2 is 2.23 bits per heavy atom. The predicted octanol–water partition coefficient (Wildman–Crippen LogP) is 3.49. The molecule has 0 spiro atoms. The number of pyridine rings is 1. The van der Waals surface area contributed by atoms with Crippen LogP contribution < -0.4 is 5.48 Å². The molecule has 1 amide bonds. The van der Waals surface area contributed by atoms with Gasteiger partial charge in [-0.25, -0.2) is 14.9 Å². The van der Waals surface area contributed by atoms with Gasteiger partial charge in [-0.05, 0) is 67.0 Å². The number of carbonyl (C=O) groups is 1. The number of hydrogen-bond acceptors (Lipinski definition) is 3. The van der Waals surface area contributed by atoms with E-state index < -0.39 is 11.3 Å². The number of nitrogens with one attached hydrogen (secondary N) is 1. The Kier molecular flexibility index (Phi) is 4.00. The molecule has 6 heteroatoms. The van der Waals surface area contributed by atoms with E-state index in [-0.39, 0.29) is 11.7 Å². The third kappa shape index (κ3) is 2.49. The van der Waals surface area contributed by atoms with Crippen LogP contribution >= 0.6 is 0 Å². The van der Waals surface area contributed by atoms with E-state index in [0.29, 0.717) is 24.0 Å². The number of imidazole rings is 1. The molecule has 3 aromatic rings. The van der Waals surface area contributed by atoms with E-state index in [0.717, 1.165) is 17.6 Å². The Bertz CT molecular complexity index is 984. The van der Waals surface area contributed by atoms with Crippen molar-refractivity contribution < 1.29 is 14.4 Å². The van der Waals surface area contributed by atoms with Gasteiger partial charge in [0.25, 0.3) is 5.91 Å². The molecule has 4 rings (SSSR count). The number of aromatic nitrogens is 2. The van der Waals surface area contributed by atoms with Gasteiger partial charge in [-0.3, -0.25) is 10.0 Å². The number of benzene rings is 1. The highest BCUT2D eigenvalue weighted by molar-refractivity contribution is 5.88. The molecule has 0 saturated heterocycles. The molecule has 26 heavy (non-hydrogen) atoms. The summed E-state index contributed by atoms with van der Waals surface area (Å²) in [5, 5.41) is 9.35. The van der Waals surface area contributed by atoms with Crippen LogP contribution in [0.5, 0.6) is 0 Å². The molecule has 2 N–H and O–H groups in total. The molecule has 0 radical (unpaired) electrons. The second-order valence-corrected chi connectivity index (χ2v) is 7.03. The SMILES string of the molecule is Cc1c(F)cccc1[C@]1(C(=O)NO)CCC(c2ccn3ccnc3c2)C1. The van der Waals surface area contributed by atoms with Gasteiger partial charge < -0.3 is 4.40 Å². The Hall–Kier alpha value is -2.73. The van der Waals surface area contributed by atoms with Crippen molar-refractivity contribution in [3.05, 3.63) is 71.4 Å². The molecule has 0 aliphatic heterocycles. The summed E-state index contributed by atoms with van der Waals surface area (Å²) in [6.07, 6.45) is 7.42. The summed E-state index contributed by atoms with van der Waals surface area (Å²) in [6, 6.07) is 8.85. The average Bonchev–Trinajstić information content (AvgIpc) is 3.30. The summed E-state index contributed by atoms with van der Waals surface area (Å²) in [7, 11) is 0. The summed E-state index contributed by atoms with van der Waals surface area (Å²) in [5.74, 6) is -0.679. The largest absolute Gasteiger partial charge is 0.307 e. The van der Waals surface area contributed by atoms with Crippen molar-refractivity contribution in [2.45, 2.75) is 37.5 Å². The van der Waals surface area contributed by atoms with Gasteiger partial charge in [-0.2, -0.15) is 0 Å². The lowest BCUT2D eigenvalue weighted by molar-refractivity contribution is -0.135. The summed E-state index contributed by atoms with van der Waals surface area (Å²) in [4.78, 5) is 17.0. The molecule has 1 fully saturated rings. The standard InChI is InChI=1S/C20H20FN3O2/c1-13-16(3-2-4-17(13)21)20(19(25)23-26)7-5-15(12-20)14-6-9-24-10-8-22-18(24)11-14/h2-4,6,8-11,15,26H,5,7,12H2,1H3,(H,23,25)/t15?,20-/m0/s1. The summed E-state index contributed by atoms with van der Waals surface area (Å²) in [6.45, 7) is 1.68. The van der Waals surface area contributed by atoms with Gasteiger partial charge in [0.1, 0.15) is 11.5 Å². The molecule has 2 heterocycles. The van der Waals surface area contributed by atoms with Crippen LogP contribution in [0.15, 0.2) is 48.9 Å². The van der Waals surface area contributed by atoms with Crippen LogP contribution in [0.25, 0.3) is 5.65 Å². The monoisotopic (exact) mass is 353 g/mol. The maximum absolute atomic E-state index is 14.1. The zero-order chi connectivity index (χ0) is 18.3. The van der Waals surface area contributed by atoms with Gasteiger partial charge in [-0.15, -0.1) is 0 Å². The fraction of sp³-hybridized carbons (Fsp3) is 0.300. The van der Waals surface area contributed by atoms with Gasteiger partial charge >= 0.3 is 0 Å². The zero-order valence-electron chi connectivity index (χ0n) is 14.4. The van der Waals surface area contributed by atoms with E-state index >= 15 is 0 Å². The number of amides is 1. The van der Waals surface area contributed by atoms with Crippen molar-refractivity contribution in [3.8, 4) is 0 Å². The lowest BCUT2D eigenvalue weighted by Crippen LogP contribution is -2.42. The molecule has 1 aliphatic rings. The summed E-state index contributed by atoms with van der Waals surface area (Å²) in [5.41, 5.74) is 3.94. The summed E-state index contributed by atoms with van der Waals surface area (Å²) < 4.78 is 16.1. The minimum absolute atomic E-state index is 0.136. The van der Waals surface area contributed by atoms with E-state index in [1.165, 1.54) is 6.07 Å². The molecule has 134 valence electrons. The van der Waals surface area contributed by atoms with E-state index in [2.05, 4.69) is 4.98 Å². The summed E-state index contributed by atoms with van der Waals surface area (Å²) >= 11 is 0. The van der Waals surface area contributed by atoms with E-state index in [4.69, 9.17) is 0 Å². The molecule has 1 aromatic carbocycles. The van der Waals surface area contributed by atoms with Crippen molar-refractivity contribution >= 4 is 11.6 Å². The molecule has 2 atom stereocenters. The topological polar surface area (TPSA) is 66.6 Å². The zero-order valence-corrected chi connectivity index (χ0v) is 14.4. The minimum Gasteiger partial charge on any atom is -0.307 e. The van der Waals surface area contributed by atoms with Crippen LogP contribution in [0.1, 0.15) is 41.9 Å². The van der Waals surface area contributed by atoms with Crippen molar-refractivity contribution in [1.29, 1.82) is 0 Å². The highest BCUT2D eigenvalue weighted by Crippen LogP contribution is 2.49. The first-order valence-corrected chi connectivity index (χ1v) is 8.68. The number of halogens is 1. The quantitative estimate of drug-likeness (QED) is 0.559. The normalized spacial score (nSPS) is 22.7. The number of hydrogen-bond donors (Lipinski definition) is 2. The Morgan fingerprint density at radius 3 is 3.04 bits per heavy atom. The number of fused-ring (bicyclic) bond motifs is 1. The third-order valence-corrected chi connectivity index (χ3v) is 5.73. The van der Waals surface area contributed by atoms with Gasteiger partial charge in [0.05, 0.1) is 5.41 Å². The van der Waals surface area contributed by atoms with Gasteiger partial charge in [0.2, 0.25) is 0 Å². The molecule has 2 aromatic heterocycles. The predicted molar refractivity (Wildman–Crippen MR) is 94.5 cm³/mol. The van der Waals surface area contributed by atoms with Crippen molar-refractivity contribution in [3.63, 3.8) is 0 Å². The van der Waals surface area contributed by atoms with Crippen molar-refractivity contribution in [1.82, 2.24) is 14.9 Å². The van der Waals surface area contributed by atoms with Crippen molar-refractivity contribution in [2.75, 3.05) is 0 Å². The highest BCUT2D eigenvalue weighted by atomic mass is 19.1. The molecule has 1 aliphatic carbocycles. The minimum atomic E-state index is -0.937. The fourth-order valence-electron chi connectivity index (χ4n) is 4.32. The third-order valence-electron chi connectivity index (χ3n) is 5.73. The lowest BCUT2D eigenvalue weighted by Gasteiger charge is -2.29. The molecule has 1 unspecified atom stereocenters. The first-order valence-electron chi connectivity index (χ1n) is 8.68. The maximum atomic E-state index is 14.1. The number of rotatable bonds is 3. The fourth-order valence-corrected chi connectivity index (χ4v) is 4.32. The number of hydroxylamine groups is 1. The van der Waals surface area contributed by atoms with Gasteiger partial charge in [0, 0.05) is 18.6 Å².